The van der Waals surface area contributed by atoms with E-state index in [2.05, 4.69) is 19.2 Å². The summed E-state index contributed by atoms with van der Waals surface area (Å²) >= 11 is 0. The van der Waals surface area contributed by atoms with E-state index in [9.17, 15) is 45.6 Å². The van der Waals surface area contributed by atoms with Crippen molar-refractivity contribution in [2.24, 2.45) is 0 Å². The van der Waals surface area contributed by atoms with Gasteiger partial charge in [-0.05, 0) is 12.8 Å². The van der Waals surface area contributed by atoms with Gasteiger partial charge in [-0.1, -0.05) is 296 Å². The first kappa shape index (κ1) is 74.1. The minimum absolute atomic E-state index is 0.200. The van der Waals surface area contributed by atoms with Gasteiger partial charge in [0, 0.05) is 6.42 Å². The average Bonchev–Trinajstić information content (AvgIpc) is 3.47. The molecule has 79 heavy (non-hydrogen) atoms. The van der Waals surface area contributed by atoms with Crippen LogP contribution in [0.1, 0.15) is 316 Å². The minimum atomic E-state index is -1.78. The van der Waals surface area contributed by atoms with Crippen molar-refractivity contribution < 1.29 is 64.6 Å². The number of nitrogens with one attached hydrogen (secondary N) is 1. The Hall–Kier alpha value is -1.01. The zero-order chi connectivity index (χ0) is 57.4. The fourth-order valence-corrected chi connectivity index (χ4v) is 11.7. The Morgan fingerprint density at radius 1 is 0.405 bits per heavy atom. The zero-order valence-corrected chi connectivity index (χ0v) is 50.9. The lowest BCUT2D eigenvalue weighted by atomic mass is 9.97. The molecular formula is C65H127NO13. The van der Waals surface area contributed by atoms with Crippen molar-refractivity contribution in [2.75, 3.05) is 19.8 Å². The highest BCUT2D eigenvalue weighted by atomic mass is 16.7. The molecule has 9 N–H and O–H groups in total. The monoisotopic (exact) mass is 1130 g/mol. The Bertz CT molecular complexity index is 1330. The second-order valence-electron chi connectivity index (χ2n) is 24.3. The molecule has 12 atom stereocenters. The van der Waals surface area contributed by atoms with Crippen molar-refractivity contribution in [3.8, 4) is 0 Å². The van der Waals surface area contributed by atoms with Gasteiger partial charge in [0.1, 0.15) is 48.8 Å². The number of amides is 1. The number of unbranched alkanes of at least 4 members (excludes halogenated alkanes) is 43. The van der Waals surface area contributed by atoms with E-state index < -0.39 is 86.8 Å². The van der Waals surface area contributed by atoms with Crippen LogP contribution >= 0.6 is 0 Å². The smallest absolute Gasteiger partial charge is 0.220 e. The Balaban J connectivity index is 1.56. The van der Waals surface area contributed by atoms with Crippen LogP contribution in [0.4, 0.5) is 0 Å². The van der Waals surface area contributed by atoms with Crippen LogP contribution in [-0.4, -0.2) is 140 Å². The van der Waals surface area contributed by atoms with Crippen LogP contribution in [0.25, 0.3) is 0 Å². The Kier molecular flexibility index (Phi) is 48.2. The molecule has 2 rings (SSSR count). The van der Waals surface area contributed by atoms with Crippen molar-refractivity contribution in [2.45, 2.75) is 389 Å². The molecule has 0 aromatic carbocycles. The van der Waals surface area contributed by atoms with Crippen molar-refractivity contribution in [3.05, 3.63) is 0 Å². The zero-order valence-electron chi connectivity index (χ0n) is 50.9. The first-order valence-electron chi connectivity index (χ1n) is 33.8. The lowest BCUT2D eigenvalue weighted by Crippen LogP contribution is -2.65. The Labute approximate surface area is 483 Å². The van der Waals surface area contributed by atoms with Crippen LogP contribution in [0.5, 0.6) is 0 Å². The van der Waals surface area contributed by atoms with Crippen LogP contribution in [0.3, 0.4) is 0 Å². The van der Waals surface area contributed by atoms with E-state index in [-0.39, 0.29) is 12.5 Å². The summed E-state index contributed by atoms with van der Waals surface area (Å²) in [5.41, 5.74) is 0. The third-order valence-electron chi connectivity index (χ3n) is 17.1. The normalized spacial score (nSPS) is 24.3. The summed E-state index contributed by atoms with van der Waals surface area (Å²) in [6.07, 6.45) is 43.0. The molecule has 2 aliphatic heterocycles. The molecule has 0 saturated carbocycles. The van der Waals surface area contributed by atoms with Gasteiger partial charge in [-0.2, -0.15) is 0 Å². The molecule has 0 aromatic rings. The van der Waals surface area contributed by atoms with E-state index in [4.69, 9.17) is 18.9 Å². The van der Waals surface area contributed by atoms with Crippen LogP contribution in [0.2, 0.25) is 0 Å². The number of hydrogen-bond donors (Lipinski definition) is 9. The first-order chi connectivity index (χ1) is 38.6. The highest BCUT2D eigenvalue weighted by Crippen LogP contribution is 2.30. The quantitative estimate of drug-likeness (QED) is 0.0259. The van der Waals surface area contributed by atoms with Crippen molar-refractivity contribution in [1.29, 1.82) is 0 Å². The van der Waals surface area contributed by atoms with Crippen LogP contribution in [-0.2, 0) is 23.7 Å². The topological polar surface area (TPSA) is 228 Å². The van der Waals surface area contributed by atoms with E-state index in [0.29, 0.717) is 12.8 Å². The molecule has 1 amide bonds. The third kappa shape index (κ3) is 36.4. The number of rotatable bonds is 56. The van der Waals surface area contributed by atoms with Crippen molar-refractivity contribution >= 4 is 5.91 Å². The van der Waals surface area contributed by atoms with Gasteiger partial charge in [0.15, 0.2) is 12.6 Å². The molecule has 470 valence electrons. The summed E-state index contributed by atoms with van der Waals surface area (Å²) < 4.78 is 22.8. The van der Waals surface area contributed by atoms with Gasteiger partial charge in [-0.15, -0.1) is 0 Å². The minimum Gasteiger partial charge on any atom is -0.394 e. The number of aliphatic hydroxyl groups excluding tert-OH is 8. The van der Waals surface area contributed by atoms with Gasteiger partial charge in [-0.3, -0.25) is 4.79 Å². The molecule has 0 spiro atoms. The van der Waals surface area contributed by atoms with Gasteiger partial charge in [-0.25, -0.2) is 0 Å². The fourth-order valence-electron chi connectivity index (χ4n) is 11.7. The highest BCUT2D eigenvalue weighted by molar-refractivity contribution is 5.76. The number of ether oxygens (including phenoxy) is 4. The largest absolute Gasteiger partial charge is 0.394 e. The van der Waals surface area contributed by atoms with Gasteiger partial charge >= 0.3 is 0 Å². The third-order valence-corrected chi connectivity index (χ3v) is 17.1. The van der Waals surface area contributed by atoms with Crippen LogP contribution < -0.4 is 5.32 Å². The van der Waals surface area contributed by atoms with Gasteiger partial charge in [0.2, 0.25) is 5.91 Å². The molecule has 2 heterocycles. The summed E-state index contributed by atoms with van der Waals surface area (Å²) in [5, 5.41) is 87.2. The molecule has 0 radical (unpaired) electrons. The highest BCUT2D eigenvalue weighted by Gasteiger charge is 2.51. The van der Waals surface area contributed by atoms with Gasteiger partial charge in [0.05, 0.1) is 32.0 Å². The molecular weight excluding hydrogens is 1000 g/mol. The molecule has 14 heteroatoms. The fraction of sp³-hybridized carbons (Fsp3) is 0.985. The molecule has 2 fully saturated rings. The van der Waals surface area contributed by atoms with Gasteiger partial charge < -0.3 is 65.1 Å². The van der Waals surface area contributed by atoms with E-state index in [0.717, 1.165) is 51.4 Å². The van der Waals surface area contributed by atoms with E-state index >= 15 is 0 Å². The summed E-state index contributed by atoms with van der Waals surface area (Å²) in [7, 11) is 0. The number of carbonyl (C=O) groups is 1. The van der Waals surface area contributed by atoms with E-state index in [1.54, 1.807) is 0 Å². The summed E-state index contributed by atoms with van der Waals surface area (Å²) in [6, 6.07) is -0.822. The van der Waals surface area contributed by atoms with E-state index in [1.807, 2.05) is 0 Å². The van der Waals surface area contributed by atoms with Crippen molar-refractivity contribution in [1.82, 2.24) is 5.32 Å². The molecule has 14 nitrogen and oxygen atoms in total. The second kappa shape index (κ2) is 51.4. The molecule has 0 aliphatic carbocycles. The molecule has 12 unspecified atom stereocenters. The maximum absolute atomic E-state index is 13.3. The standard InChI is InChI=1S/C65H127NO13/c1-3-5-7-9-11-13-15-16-17-18-19-20-21-22-23-24-25-26-27-28-29-30-31-32-33-34-35-36-37-39-41-43-45-47-49-57(70)66-53(54(69)48-46-44-42-40-38-14-12-10-8-6-4-2)52-76-64-62(75)60(73)63(56(51-68)78-64)79-65-61(74)59(72)58(71)55(50-67)77-65/h53-56,58-65,67-69,71-75H,3-52H2,1-2H3,(H,66,70). The Morgan fingerprint density at radius 3 is 1.08 bits per heavy atom. The molecule has 0 bridgehead atoms. The molecule has 2 aliphatic rings. The number of hydrogen-bond acceptors (Lipinski definition) is 13. The summed E-state index contributed by atoms with van der Waals surface area (Å²) in [6.45, 7) is 2.89. The second-order valence-corrected chi connectivity index (χ2v) is 24.3. The average molecular weight is 1130 g/mol. The number of carbonyl (C=O) groups excluding carboxylic acids is 1. The maximum atomic E-state index is 13.3. The van der Waals surface area contributed by atoms with Crippen LogP contribution in [0, 0.1) is 0 Å². The van der Waals surface area contributed by atoms with E-state index in [1.165, 1.54) is 238 Å². The first-order valence-corrected chi connectivity index (χ1v) is 33.8. The number of aliphatic hydroxyl groups is 8. The lowest BCUT2D eigenvalue weighted by molar-refractivity contribution is -0.359. The molecule has 2 saturated heterocycles. The van der Waals surface area contributed by atoms with Crippen molar-refractivity contribution in [3.63, 3.8) is 0 Å². The lowest BCUT2D eigenvalue weighted by Gasteiger charge is -2.46. The van der Waals surface area contributed by atoms with Gasteiger partial charge in [0.25, 0.3) is 0 Å². The predicted octanol–water partition coefficient (Wildman–Crippen LogP) is 12.8. The van der Waals surface area contributed by atoms with Crippen LogP contribution in [0.15, 0.2) is 0 Å². The Morgan fingerprint density at radius 2 is 0.722 bits per heavy atom. The molecule has 0 aromatic heterocycles. The SMILES string of the molecule is CCCCCCCCCCCCCCCCCCCCCCCCCCCCCCCCCCCCC(=O)NC(COC1OC(CO)C(OC2OC(CO)C(O)C(O)C2O)C(O)C1O)C(O)CCCCCCCCCCCCC. The maximum Gasteiger partial charge on any atom is 0.220 e. The predicted molar refractivity (Wildman–Crippen MR) is 319 cm³/mol. The summed E-state index contributed by atoms with van der Waals surface area (Å²) in [4.78, 5) is 13.3. The summed E-state index contributed by atoms with van der Waals surface area (Å²) in [5.74, 6) is -0.200.